The number of anilines is 1. The number of carbonyl (C=O) groups is 1. The van der Waals surface area contributed by atoms with Gasteiger partial charge in [-0.3, -0.25) is 9.78 Å². The Labute approximate surface area is 121 Å². The van der Waals surface area contributed by atoms with Crippen LogP contribution >= 0.6 is 15.9 Å². The molecule has 1 aliphatic carbocycles. The summed E-state index contributed by atoms with van der Waals surface area (Å²) in [4.78, 5) is 15.5. The zero-order valence-electron chi connectivity index (χ0n) is 10.8. The van der Waals surface area contributed by atoms with E-state index in [9.17, 15) is 9.18 Å². The third-order valence-corrected chi connectivity index (χ3v) is 4.22. The van der Waals surface area contributed by atoms with Gasteiger partial charge in [0.1, 0.15) is 0 Å². The maximum absolute atomic E-state index is 13.5. The van der Waals surface area contributed by atoms with Crippen molar-refractivity contribution in [2.45, 2.75) is 44.9 Å². The fraction of sp³-hybridized carbons (Fsp3) is 0.571. The second-order valence-electron chi connectivity index (χ2n) is 5.07. The Bertz CT molecular complexity index is 427. The maximum Gasteiger partial charge on any atom is 0.224 e. The molecule has 0 unspecified atom stereocenters. The van der Waals surface area contributed by atoms with E-state index in [4.69, 9.17) is 0 Å². The number of nitrogens with zero attached hydrogens (tertiary/aromatic N) is 1. The first-order valence-electron chi connectivity index (χ1n) is 6.75. The molecule has 104 valence electrons. The molecule has 0 aromatic carbocycles. The van der Waals surface area contributed by atoms with Gasteiger partial charge in [-0.25, -0.2) is 4.39 Å². The first-order chi connectivity index (χ1) is 9.16. The molecule has 1 aromatic rings. The highest BCUT2D eigenvalue weighted by molar-refractivity contribution is 9.10. The van der Waals surface area contributed by atoms with E-state index in [1.54, 1.807) is 0 Å². The molecular weight excluding hydrogens is 311 g/mol. The molecule has 1 N–H and O–H groups in total. The number of aromatic nitrogens is 1. The van der Waals surface area contributed by atoms with Gasteiger partial charge in [-0.15, -0.1) is 0 Å². The van der Waals surface area contributed by atoms with Crippen molar-refractivity contribution in [3.05, 3.63) is 22.7 Å². The van der Waals surface area contributed by atoms with Crippen LogP contribution in [0.3, 0.4) is 0 Å². The van der Waals surface area contributed by atoms with E-state index >= 15 is 0 Å². The highest BCUT2D eigenvalue weighted by Gasteiger charge is 2.16. The quantitative estimate of drug-likeness (QED) is 0.896. The third kappa shape index (κ3) is 4.27. The van der Waals surface area contributed by atoms with Crippen LogP contribution in [0.2, 0.25) is 0 Å². The van der Waals surface area contributed by atoms with Gasteiger partial charge in [0, 0.05) is 12.6 Å². The predicted molar refractivity (Wildman–Crippen MR) is 76.3 cm³/mol. The fourth-order valence-electron chi connectivity index (χ4n) is 2.54. The lowest BCUT2D eigenvalue weighted by Crippen LogP contribution is -2.16. The van der Waals surface area contributed by atoms with Crippen LogP contribution in [-0.4, -0.2) is 10.9 Å². The molecule has 0 saturated heterocycles. The van der Waals surface area contributed by atoms with Crippen LogP contribution < -0.4 is 5.32 Å². The van der Waals surface area contributed by atoms with Crippen molar-refractivity contribution < 1.29 is 9.18 Å². The molecule has 0 radical (unpaired) electrons. The summed E-state index contributed by atoms with van der Waals surface area (Å²) in [7, 11) is 0. The van der Waals surface area contributed by atoms with Gasteiger partial charge < -0.3 is 5.32 Å². The molecule has 1 heterocycles. The Hall–Kier alpha value is -0.970. The number of hydrogen-bond acceptors (Lipinski definition) is 2. The van der Waals surface area contributed by atoms with Gasteiger partial charge in [0.05, 0.1) is 16.4 Å². The largest absolute Gasteiger partial charge is 0.323 e. The van der Waals surface area contributed by atoms with E-state index in [1.807, 2.05) is 0 Å². The number of hydrogen-bond donors (Lipinski definition) is 1. The summed E-state index contributed by atoms with van der Waals surface area (Å²) in [6.45, 7) is 0. The van der Waals surface area contributed by atoms with E-state index in [0.29, 0.717) is 16.8 Å². The first kappa shape index (κ1) is 14.4. The molecule has 1 amide bonds. The van der Waals surface area contributed by atoms with Gasteiger partial charge in [-0.05, 0) is 28.3 Å². The topological polar surface area (TPSA) is 42.0 Å². The summed E-state index contributed by atoms with van der Waals surface area (Å²) in [6, 6.07) is 0. The van der Waals surface area contributed by atoms with Crippen molar-refractivity contribution in [1.29, 1.82) is 0 Å². The minimum absolute atomic E-state index is 0.128. The third-order valence-electron chi connectivity index (χ3n) is 3.62. The van der Waals surface area contributed by atoms with Crippen LogP contribution in [0.25, 0.3) is 0 Å². The van der Waals surface area contributed by atoms with Crippen LogP contribution in [0.1, 0.15) is 44.9 Å². The van der Waals surface area contributed by atoms with E-state index in [0.717, 1.165) is 12.6 Å². The fourth-order valence-corrected chi connectivity index (χ4v) is 2.95. The first-order valence-corrected chi connectivity index (χ1v) is 7.55. The lowest BCUT2D eigenvalue weighted by molar-refractivity contribution is -0.116. The molecular formula is C14H18BrFN2O. The molecule has 3 nitrogen and oxygen atoms in total. The van der Waals surface area contributed by atoms with E-state index in [2.05, 4.69) is 26.2 Å². The molecule has 1 fully saturated rings. The molecule has 1 saturated carbocycles. The number of nitrogens with one attached hydrogen (secondary N) is 1. The Morgan fingerprint density at radius 1 is 1.37 bits per heavy atom. The van der Waals surface area contributed by atoms with Crippen molar-refractivity contribution >= 4 is 27.5 Å². The minimum atomic E-state index is -0.514. The van der Waals surface area contributed by atoms with Crippen LogP contribution in [0, 0.1) is 11.7 Å². The van der Waals surface area contributed by atoms with Gasteiger partial charge in [0.25, 0.3) is 0 Å². The number of amides is 1. The SMILES string of the molecule is O=C(CCC1CCCCC1)Nc1c(F)cncc1Br. The predicted octanol–water partition coefficient (Wildman–Crippen LogP) is 4.28. The number of pyridine rings is 1. The minimum Gasteiger partial charge on any atom is -0.323 e. The highest BCUT2D eigenvalue weighted by atomic mass is 79.9. The molecule has 0 aliphatic heterocycles. The van der Waals surface area contributed by atoms with Crippen molar-refractivity contribution in [2.24, 2.45) is 5.92 Å². The summed E-state index contributed by atoms with van der Waals surface area (Å²) in [6.07, 6.45) is 10.2. The van der Waals surface area contributed by atoms with Crippen LogP contribution in [0.5, 0.6) is 0 Å². The van der Waals surface area contributed by atoms with Crippen molar-refractivity contribution in [3.63, 3.8) is 0 Å². The van der Waals surface area contributed by atoms with E-state index < -0.39 is 5.82 Å². The van der Waals surface area contributed by atoms with Crippen molar-refractivity contribution in [2.75, 3.05) is 5.32 Å². The Morgan fingerprint density at radius 3 is 2.79 bits per heavy atom. The zero-order valence-corrected chi connectivity index (χ0v) is 12.4. The van der Waals surface area contributed by atoms with Crippen molar-refractivity contribution in [3.8, 4) is 0 Å². The summed E-state index contributed by atoms with van der Waals surface area (Å²) in [5.74, 6) is 0.0157. The lowest BCUT2D eigenvalue weighted by Gasteiger charge is -2.21. The zero-order chi connectivity index (χ0) is 13.7. The molecule has 0 spiro atoms. The molecule has 2 rings (SSSR count). The Balaban J connectivity index is 1.83. The highest BCUT2D eigenvalue weighted by Crippen LogP contribution is 2.28. The molecule has 0 atom stereocenters. The maximum atomic E-state index is 13.5. The molecule has 1 aromatic heterocycles. The molecule has 5 heteroatoms. The monoisotopic (exact) mass is 328 g/mol. The normalized spacial score (nSPS) is 16.3. The van der Waals surface area contributed by atoms with Crippen LogP contribution in [-0.2, 0) is 4.79 Å². The van der Waals surface area contributed by atoms with Crippen molar-refractivity contribution in [1.82, 2.24) is 4.98 Å². The van der Waals surface area contributed by atoms with Gasteiger partial charge in [0.15, 0.2) is 5.82 Å². The van der Waals surface area contributed by atoms with Gasteiger partial charge in [-0.2, -0.15) is 0 Å². The number of carbonyl (C=O) groups excluding carboxylic acids is 1. The van der Waals surface area contributed by atoms with Gasteiger partial charge >= 0.3 is 0 Å². The van der Waals surface area contributed by atoms with E-state index in [-0.39, 0.29) is 11.6 Å². The van der Waals surface area contributed by atoms with E-state index in [1.165, 1.54) is 38.3 Å². The lowest BCUT2D eigenvalue weighted by atomic mass is 9.86. The molecule has 1 aliphatic rings. The second kappa shape index (κ2) is 6.98. The van der Waals surface area contributed by atoms with Crippen LogP contribution in [0.4, 0.5) is 10.1 Å². The number of rotatable bonds is 4. The summed E-state index contributed by atoms with van der Waals surface area (Å²) in [5.41, 5.74) is 0.184. The average molecular weight is 329 g/mol. The van der Waals surface area contributed by atoms with Gasteiger partial charge in [-0.1, -0.05) is 32.1 Å². The summed E-state index contributed by atoms with van der Waals surface area (Å²) in [5, 5.41) is 2.62. The average Bonchev–Trinajstić information content (AvgIpc) is 2.42. The number of halogens is 2. The Morgan fingerprint density at radius 2 is 2.11 bits per heavy atom. The summed E-state index contributed by atoms with van der Waals surface area (Å²) < 4.78 is 14.0. The summed E-state index contributed by atoms with van der Waals surface area (Å²) >= 11 is 3.19. The molecule has 19 heavy (non-hydrogen) atoms. The van der Waals surface area contributed by atoms with Gasteiger partial charge in [0.2, 0.25) is 5.91 Å². The van der Waals surface area contributed by atoms with Crippen LogP contribution in [0.15, 0.2) is 16.9 Å². The smallest absolute Gasteiger partial charge is 0.224 e. The standard InChI is InChI=1S/C14H18BrFN2O/c15-11-8-17-9-12(16)14(11)18-13(19)7-6-10-4-2-1-3-5-10/h8-10H,1-7H2,(H,17,18,19). The second-order valence-corrected chi connectivity index (χ2v) is 5.92. The Kier molecular flexibility index (Phi) is 5.31. The molecule has 0 bridgehead atoms.